The predicted molar refractivity (Wildman–Crippen MR) is 76.4 cm³/mol. The first-order chi connectivity index (χ1) is 9.86. The summed E-state index contributed by atoms with van der Waals surface area (Å²) in [4.78, 5) is -0.0397. The van der Waals surface area contributed by atoms with Crippen LogP contribution in [0.15, 0.2) is 23.1 Å². The monoisotopic (exact) mass is 330 g/mol. The number of hydrogen-bond donors (Lipinski definition) is 2. The van der Waals surface area contributed by atoms with Crippen LogP contribution in [0.1, 0.15) is 18.4 Å². The van der Waals surface area contributed by atoms with Gasteiger partial charge in [0.05, 0.1) is 21.1 Å². The second-order valence-electron chi connectivity index (χ2n) is 4.91. The summed E-state index contributed by atoms with van der Waals surface area (Å²) in [7, 11) is -3.79. The molecule has 21 heavy (non-hydrogen) atoms. The van der Waals surface area contributed by atoms with Gasteiger partial charge in [-0.15, -0.1) is 0 Å². The highest BCUT2D eigenvalue weighted by Gasteiger charge is 2.31. The average molecular weight is 331 g/mol. The lowest BCUT2D eigenvalue weighted by Gasteiger charge is -2.31. The third-order valence-electron chi connectivity index (χ3n) is 3.39. The van der Waals surface area contributed by atoms with E-state index in [-0.39, 0.29) is 22.0 Å². The zero-order valence-corrected chi connectivity index (χ0v) is 12.7. The summed E-state index contributed by atoms with van der Waals surface area (Å²) in [5, 5.41) is 19.1. The van der Waals surface area contributed by atoms with Crippen molar-refractivity contribution in [2.45, 2.75) is 23.3 Å². The highest BCUT2D eigenvalue weighted by molar-refractivity contribution is 7.89. The number of aliphatic hydroxyl groups is 1. The molecule has 8 heteroatoms. The van der Waals surface area contributed by atoms with Crippen LogP contribution in [0.5, 0.6) is 0 Å². The van der Waals surface area contributed by atoms with E-state index in [1.807, 2.05) is 6.07 Å². The van der Waals surface area contributed by atoms with E-state index in [9.17, 15) is 13.5 Å². The van der Waals surface area contributed by atoms with Gasteiger partial charge in [-0.25, -0.2) is 13.1 Å². The molecule has 0 atom stereocenters. The smallest absolute Gasteiger partial charge is 0.240 e. The SMILES string of the molecule is N#Cc1ccc(S(=O)(=O)NCC2(O)CCOCC2)cc1Cl. The van der Waals surface area contributed by atoms with Crippen molar-refractivity contribution in [1.82, 2.24) is 4.72 Å². The number of hydrogen-bond acceptors (Lipinski definition) is 5. The van der Waals surface area contributed by atoms with Gasteiger partial charge in [0.25, 0.3) is 0 Å². The minimum Gasteiger partial charge on any atom is -0.388 e. The van der Waals surface area contributed by atoms with Crippen molar-refractivity contribution in [3.8, 4) is 6.07 Å². The molecule has 0 aromatic heterocycles. The Kier molecular flexibility index (Phi) is 4.86. The Morgan fingerprint density at radius 1 is 1.43 bits per heavy atom. The predicted octanol–water partition coefficient (Wildman–Crippen LogP) is 1.03. The summed E-state index contributed by atoms with van der Waals surface area (Å²) < 4.78 is 31.9. The lowest BCUT2D eigenvalue weighted by molar-refractivity contribution is -0.0588. The molecular weight excluding hydrogens is 316 g/mol. The Balaban J connectivity index is 2.11. The second kappa shape index (κ2) is 6.30. The maximum atomic E-state index is 12.2. The molecule has 0 unspecified atom stereocenters. The molecule has 1 aromatic rings. The van der Waals surface area contributed by atoms with E-state index >= 15 is 0 Å². The van der Waals surface area contributed by atoms with Gasteiger partial charge < -0.3 is 9.84 Å². The minimum absolute atomic E-state index is 0.0397. The molecule has 1 heterocycles. The first-order valence-electron chi connectivity index (χ1n) is 6.36. The number of nitrogens with one attached hydrogen (secondary N) is 1. The van der Waals surface area contributed by atoms with Crippen LogP contribution in [0, 0.1) is 11.3 Å². The van der Waals surface area contributed by atoms with E-state index in [2.05, 4.69) is 4.72 Å². The van der Waals surface area contributed by atoms with Crippen LogP contribution < -0.4 is 4.72 Å². The molecule has 2 N–H and O–H groups in total. The Morgan fingerprint density at radius 3 is 2.67 bits per heavy atom. The number of sulfonamides is 1. The maximum absolute atomic E-state index is 12.2. The van der Waals surface area contributed by atoms with Gasteiger partial charge in [-0.2, -0.15) is 5.26 Å². The summed E-state index contributed by atoms with van der Waals surface area (Å²) in [6.07, 6.45) is 0.757. The summed E-state index contributed by atoms with van der Waals surface area (Å²) in [6, 6.07) is 5.73. The van der Waals surface area contributed by atoms with Crippen LogP contribution in [0.2, 0.25) is 5.02 Å². The number of nitrogens with zero attached hydrogens (tertiary/aromatic N) is 1. The molecule has 0 aliphatic carbocycles. The fourth-order valence-electron chi connectivity index (χ4n) is 1.99. The molecule has 114 valence electrons. The average Bonchev–Trinajstić information content (AvgIpc) is 2.46. The van der Waals surface area contributed by atoms with Crippen LogP contribution in [0.3, 0.4) is 0 Å². The quantitative estimate of drug-likeness (QED) is 0.859. The molecule has 1 aliphatic heterocycles. The number of rotatable bonds is 4. The van der Waals surface area contributed by atoms with E-state index in [1.54, 1.807) is 0 Å². The van der Waals surface area contributed by atoms with Crippen LogP contribution >= 0.6 is 11.6 Å². The fraction of sp³-hybridized carbons (Fsp3) is 0.462. The summed E-state index contributed by atoms with van der Waals surface area (Å²) in [6.45, 7) is 0.720. The van der Waals surface area contributed by atoms with Gasteiger partial charge in [-0.3, -0.25) is 0 Å². The van der Waals surface area contributed by atoms with Crippen molar-refractivity contribution in [3.05, 3.63) is 28.8 Å². The fourth-order valence-corrected chi connectivity index (χ4v) is 3.43. The molecule has 2 rings (SSSR count). The number of ether oxygens (including phenoxy) is 1. The van der Waals surface area contributed by atoms with Crippen molar-refractivity contribution in [2.75, 3.05) is 19.8 Å². The van der Waals surface area contributed by atoms with Crippen LogP contribution in [-0.4, -0.2) is 38.9 Å². The first-order valence-corrected chi connectivity index (χ1v) is 8.22. The van der Waals surface area contributed by atoms with E-state index in [4.69, 9.17) is 21.6 Å². The third-order valence-corrected chi connectivity index (χ3v) is 5.10. The van der Waals surface area contributed by atoms with Gasteiger partial charge in [0, 0.05) is 32.6 Å². The van der Waals surface area contributed by atoms with Gasteiger partial charge >= 0.3 is 0 Å². The number of benzene rings is 1. The Morgan fingerprint density at radius 2 is 2.10 bits per heavy atom. The van der Waals surface area contributed by atoms with Gasteiger partial charge in [0.2, 0.25) is 10.0 Å². The molecule has 0 spiro atoms. The number of nitriles is 1. The summed E-state index contributed by atoms with van der Waals surface area (Å²) >= 11 is 5.83. The minimum atomic E-state index is -3.79. The highest BCUT2D eigenvalue weighted by atomic mass is 35.5. The van der Waals surface area contributed by atoms with Crippen molar-refractivity contribution < 1.29 is 18.3 Å². The second-order valence-corrected chi connectivity index (χ2v) is 7.09. The number of halogens is 1. The van der Waals surface area contributed by atoms with Gasteiger partial charge in [-0.1, -0.05) is 11.6 Å². The molecule has 0 saturated carbocycles. The summed E-state index contributed by atoms with van der Waals surface area (Å²) in [5.74, 6) is 0. The third kappa shape index (κ3) is 3.93. The van der Waals surface area contributed by atoms with Gasteiger partial charge in [0.1, 0.15) is 6.07 Å². The molecule has 0 bridgehead atoms. The van der Waals surface area contributed by atoms with Crippen LogP contribution in [0.4, 0.5) is 0 Å². The van der Waals surface area contributed by atoms with Gasteiger partial charge in [-0.05, 0) is 18.2 Å². The molecule has 1 aliphatic rings. The molecule has 0 radical (unpaired) electrons. The lowest BCUT2D eigenvalue weighted by Crippen LogP contribution is -2.46. The van der Waals surface area contributed by atoms with Crippen molar-refractivity contribution in [3.63, 3.8) is 0 Å². The Hall–Kier alpha value is -1.17. The first kappa shape index (κ1) is 16.2. The van der Waals surface area contributed by atoms with Crippen molar-refractivity contribution in [2.24, 2.45) is 0 Å². The van der Waals surface area contributed by atoms with E-state index in [0.29, 0.717) is 26.1 Å². The Bertz CT molecular complexity index is 663. The maximum Gasteiger partial charge on any atom is 0.240 e. The Labute approximate surface area is 128 Å². The molecule has 0 amide bonds. The molecule has 6 nitrogen and oxygen atoms in total. The van der Waals surface area contributed by atoms with Crippen molar-refractivity contribution >= 4 is 21.6 Å². The van der Waals surface area contributed by atoms with Crippen molar-refractivity contribution in [1.29, 1.82) is 5.26 Å². The van der Waals surface area contributed by atoms with E-state index in [1.165, 1.54) is 18.2 Å². The highest BCUT2D eigenvalue weighted by Crippen LogP contribution is 2.22. The lowest BCUT2D eigenvalue weighted by atomic mass is 9.95. The normalized spacial score (nSPS) is 18.1. The molecule has 1 saturated heterocycles. The zero-order valence-electron chi connectivity index (χ0n) is 11.2. The molecule has 1 aromatic carbocycles. The van der Waals surface area contributed by atoms with E-state index in [0.717, 1.165) is 0 Å². The topological polar surface area (TPSA) is 99.4 Å². The summed E-state index contributed by atoms with van der Waals surface area (Å²) in [5.41, 5.74) is -0.888. The molecule has 1 fully saturated rings. The van der Waals surface area contributed by atoms with Gasteiger partial charge in [0.15, 0.2) is 0 Å². The zero-order chi connectivity index (χ0) is 15.5. The van der Waals surface area contributed by atoms with Crippen LogP contribution in [0.25, 0.3) is 0 Å². The van der Waals surface area contributed by atoms with Crippen LogP contribution in [-0.2, 0) is 14.8 Å². The largest absolute Gasteiger partial charge is 0.388 e. The molecular formula is C13H15ClN2O4S. The van der Waals surface area contributed by atoms with E-state index < -0.39 is 15.6 Å². The standard InChI is InChI=1S/C13H15ClN2O4S/c14-12-7-11(2-1-10(12)8-15)21(18,19)16-9-13(17)3-5-20-6-4-13/h1-2,7,16-17H,3-6,9H2.